The van der Waals surface area contributed by atoms with Crippen molar-refractivity contribution in [3.05, 3.63) is 0 Å². The molecule has 1 saturated carbocycles. The number of guanidine groups is 1. The van der Waals surface area contributed by atoms with Crippen LogP contribution in [0.1, 0.15) is 66.7 Å². The van der Waals surface area contributed by atoms with Crippen molar-refractivity contribution in [2.75, 3.05) is 32.8 Å². The van der Waals surface area contributed by atoms with E-state index in [1.807, 2.05) is 20.8 Å². The highest BCUT2D eigenvalue weighted by atomic mass is 127. The number of carbonyl (C=O) groups is 1. The van der Waals surface area contributed by atoms with Crippen molar-refractivity contribution < 1.29 is 9.53 Å². The van der Waals surface area contributed by atoms with E-state index in [9.17, 15) is 4.79 Å². The molecule has 27 heavy (non-hydrogen) atoms. The SMILES string of the molecule is CCNC(=NCCC(OCC)C1CCCC1)NCCNC(=O)C(C)(C)C.I. The molecular weight excluding hydrogens is 455 g/mol. The van der Waals surface area contributed by atoms with Gasteiger partial charge in [0.15, 0.2) is 5.96 Å². The molecule has 1 unspecified atom stereocenters. The Morgan fingerprint density at radius 1 is 1.11 bits per heavy atom. The summed E-state index contributed by atoms with van der Waals surface area (Å²) in [5, 5.41) is 9.49. The highest BCUT2D eigenvalue weighted by molar-refractivity contribution is 14.0. The third-order valence-electron chi connectivity index (χ3n) is 4.72. The summed E-state index contributed by atoms with van der Waals surface area (Å²) in [6, 6.07) is 0. The maximum atomic E-state index is 11.9. The zero-order valence-corrected chi connectivity index (χ0v) is 20.2. The lowest BCUT2D eigenvalue weighted by molar-refractivity contribution is -0.128. The molecule has 0 aromatic rings. The molecule has 0 aromatic heterocycles. The molecule has 1 amide bonds. The summed E-state index contributed by atoms with van der Waals surface area (Å²) in [7, 11) is 0. The molecule has 3 N–H and O–H groups in total. The quantitative estimate of drug-likeness (QED) is 0.188. The Labute approximate surface area is 183 Å². The van der Waals surface area contributed by atoms with E-state index in [4.69, 9.17) is 4.74 Å². The van der Waals surface area contributed by atoms with Crippen LogP contribution in [-0.4, -0.2) is 50.8 Å². The van der Waals surface area contributed by atoms with Crippen LogP contribution >= 0.6 is 24.0 Å². The molecule has 0 radical (unpaired) electrons. The second kappa shape index (κ2) is 14.4. The Hall–Kier alpha value is -0.570. The number of hydrogen-bond donors (Lipinski definition) is 3. The van der Waals surface area contributed by atoms with Crippen LogP contribution in [0.25, 0.3) is 0 Å². The molecule has 0 aliphatic heterocycles. The van der Waals surface area contributed by atoms with Gasteiger partial charge in [0.2, 0.25) is 5.91 Å². The first-order valence-corrected chi connectivity index (χ1v) is 10.3. The van der Waals surface area contributed by atoms with Crippen molar-refractivity contribution in [1.82, 2.24) is 16.0 Å². The van der Waals surface area contributed by atoms with Gasteiger partial charge in [0.05, 0.1) is 6.10 Å². The third-order valence-corrected chi connectivity index (χ3v) is 4.72. The third kappa shape index (κ3) is 11.1. The fraction of sp³-hybridized carbons (Fsp3) is 0.900. The topological polar surface area (TPSA) is 74.8 Å². The molecule has 1 aliphatic carbocycles. The smallest absolute Gasteiger partial charge is 0.225 e. The Balaban J connectivity index is 0.00000676. The van der Waals surface area contributed by atoms with Crippen molar-refractivity contribution in [2.45, 2.75) is 72.8 Å². The summed E-state index contributed by atoms with van der Waals surface area (Å²) in [5.74, 6) is 1.57. The monoisotopic (exact) mass is 496 g/mol. The molecule has 0 aromatic carbocycles. The highest BCUT2D eigenvalue weighted by Crippen LogP contribution is 2.30. The summed E-state index contributed by atoms with van der Waals surface area (Å²) in [6.45, 7) is 13.5. The van der Waals surface area contributed by atoms with Crippen LogP contribution in [0.2, 0.25) is 0 Å². The lowest BCUT2D eigenvalue weighted by atomic mass is 9.96. The minimum Gasteiger partial charge on any atom is -0.378 e. The maximum Gasteiger partial charge on any atom is 0.225 e. The van der Waals surface area contributed by atoms with Gasteiger partial charge in [-0.2, -0.15) is 0 Å². The summed E-state index contributed by atoms with van der Waals surface area (Å²) >= 11 is 0. The van der Waals surface area contributed by atoms with Gasteiger partial charge in [0, 0.05) is 38.2 Å². The first-order chi connectivity index (χ1) is 12.4. The van der Waals surface area contributed by atoms with Crippen LogP contribution in [0.3, 0.4) is 0 Å². The molecule has 0 spiro atoms. The minimum absolute atomic E-state index is 0. The standard InChI is InChI=1S/C20H40N4O2.HI/c1-6-21-19(24-15-14-22-18(25)20(3,4)5)23-13-12-17(26-7-2)16-10-8-9-11-16;/h16-17H,6-15H2,1-5H3,(H,22,25)(H2,21,23,24);1H. The Bertz CT molecular complexity index is 432. The van der Waals surface area contributed by atoms with E-state index in [0.717, 1.165) is 32.1 Å². The Morgan fingerprint density at radius 3 is 2.30 bits per heavy atom. The second-order valence-electron chi connectivity index (χ2n) is 8.02. The van der Waals surface area contributed by atoms with Gasteiger partial charge in [-0.3, -0.25) is 9.79 Å². The first kappa shape index (κ1) is 26.4. The highest BCUT2D eigenvalue weighted by Gasteiger charge is 2.25. The fourth-order valence-electron chi connectivity index (χ4n) is 3.27. The first-order valence-electron chi connectivity index (χ1n) is 10.3. The molecule has 160 valence electrons. The molecule has 1 fully saturated rings. The van der Waals surface area contributed by atoms with E-state index in [2.05, 4.69) is 34.8 Å². The van der Waals surface area contributed by atoms with E-state index in [0.29, 0.717) is 25.1 Å². The molecule has 0 heterocycles. The van der Waals surface area contributed by atoms with Gasteiger partial charge < -0.3 is 20.7 Å². The number of nitrogens with one attached hydrogen (secondary N) is 3. The summed E-state index contributed by atoms with van der Waals surface area (Å²) in [6.07, 6.45) is 6.56. The number of carbonyl (C=O) groups excluding carboxylic acids is 1. The largest absolute Gasteiger partial charge is 0.378 e. The predicted molar refractivity (Wildman–Crippen MR) is 124 cm³/mol. The van der Waals surface area contributed by atoms with Crippen LogP contribution in [0.5, 0.6) is 0 Å². The fourth-order valence-corrected chi connectivity index (χ4v) is 3.27. The lowest BCUT2D eigenvalue weighted by Gasteiger charge is -2.23. The number of amides is 1. The van der Waals surface area contributed by atoms with Crippen molar-refractivity contribution in [3.63, 3.8) is 0 Å². The molecule has 1 aliphatic rings. The molecule has 7 heteroatoms. The van der Waals surface area contributed by atoms with E-state index in [-0.39, 0.29) is 35.3 Å². The van der Waals surface area contributed by atoms with Gasteiger partial charge in [0.25, 0.3) is 0 Å². The van der Waals surface area contributed by atoms with Crippen LogP contribution in [-0.2, 0) is 9.53 Å². The normalized spacial score (nSPS) is 16.6. The molecular formula is C20H41IN4O2. The summed E-state index contributed by atoms with van der Waals surface area (Å²) in [5.41, 5.74) is -0.354. The van der Waals surface area contributed by atoms with E-state index in [1.165, 1.54) is 25.7 Å². The number of aliphatic imine (C=N–C) groups is 1. The number of nitrogens with zero attached hydrogens (tertiary/aromatic N) is 1. The number of halogens is 1. The number of ether oxygens (including phenoxy) is 1. The second-order valence-corrected chi connectivity index (χ2v) is 8.02. The van der Waals surface area contributed by atoms with Crippen LogP contribution in [0.4, 0.5) is 0 Å². The predicted octanol–water partition coefficient (Wildman–Crippen LogP) is 3.31. The molecule has 1 rings (SSSR count). The van der Waals surface area contributed by atoms with Crippen LogP contribution in [0, 0.1) is 11.3 Å². The lowest BCUT2D eigenvalue weighted by Crippen LogP contribution is -2.43. The molecule has 0 bridgehead atoms. The molecule has 6 nitrogen and oxygen atoms in total. The molecule has 1 atom stereocenters. The summed E-state index contributed by atoms with van der Waals surface area (Å²) in [4.78, 5) is 16.5. The van der Waals surface area contributed by atoms with Gasteiger partial charge in [-0.15, -0.1) is 24.0 Å². The van der Waals surface area contributed by atoms with Crippen molar-refractivity contribution in [3.8, 4) is 0 Å². The van der Waals surface area contributed by atoms with Crippen molar-refractivity contribution in [2.24, 2.45) is 16.3 Å². The van der Waals surface area contributed by atoms with Crippen molar-refractivity contribution >= 4 is 35.8 Å². The zero-order chi connectivity index (χ0) is 19.4. The van der Waals surface area contributed by atoms with Crippen LogP contribution in [0.15, 0.2) is 4.99 Å². The number of rotatable bonds is 10. The average molecular weight is 496 g/mol. The van der Waals surface area contributed by atoms with E-state index in [1.54, 1.807) is 0 Å². The Kier molecular flexibility index (Phi) is 14.1. The van der Waals surface area contributed by atoms with E-state index >= 15 is 0 Å². The van der Waals surface area contributed by atoms with E-state index < -0.39 is 0 Å². The average Bonchev–Trinajstić information content (AvgIpc) is 3.11. The maximum absolute atomic E-state index is 11.9. The van der Waals surface area contributed by atoms with Gasteiger partial charge in [-0.1, -0.05) is 33.6 Å². The zero-order valence-electron chi connectivity index (χ0n) is 17.9. The Morgan fingerprint density at radius 2 is 1.74 bits per heavy atom. The van der Waals surface area contributed by atoms with Gasteiger partial charge >= 0.3 is 0 Å². The van der Waals surface area contributed by atoms with Gasteiger partial charge in [0.1, 0.15) is 0 Å². The van der Waals surface area contributed by atoms with Gasteiger partial charge in [-0.05, 0) is 39.0 Å². The van der Waals surface area contributed by atoms with Crippen LogP contribution < -0.4 is 16.0 Å². The summed E-state index contributed by atoms with van der Waals surface area (Å²) < 4.78 is 5.97. The van der Waals surface area contributed by atoms with Crippen molar-refractivity contribution in [1.29, 1.82) is 0 Å². The van der Waals surface area contributed by atoms with Gasteiger partial charge in [-0.25, -0.2) is 0 Å². The minimum atomic E-state index is -0.354. The number of hydrogen-bond acceptors (Lipinski definition) is 3. The molecule has 0 saturated heterocycles.